The lowest BCUT2D eigenvalue weighted by molar-refractivity contribution is -0.122. The lowest BCUT2D eigenvalue weighted by Crippen LogP contribution is -2.31. The number of carboxylic acids is 1. The maximum absolute atomic E-state index is 12.5. The van der Waals surface area contributed by atoms with Crippen LogP contribution in [0.4, 0.5) is 5.69 Å². The van der Waals surface area contributed by atoms with Crippen LogP contribution in [0.3, 0.4) is 0 Å². The van der Waals surface area contributed by atoms with Gasteiger partial charge in [-0.25, -0.2) is 9.69 Å². The Morgan fingerprint density at radius 1 is 1.14 bits per heavy atom. The molecule has 3 rings (SSSR count). The molecule has 21 heavy (non-hydrogen) atoms. The van der Waals surface area contributed by atoms with Gasteiger partial charge >= 0.3 is 5.97 Å². The number of rotatable bonds is 2. The second kappa shape index (κ2) is 4.98. The summed E-state index contributed by atoms with van der Waals surface area (Å²) in [5, 5.41) is 9.09. The number of carbonyl (C=O) groups is 3. The minimum absolute atomic E-state index is 0.0890. The molecule has 0 radical (unpaired) electrons. The van der Waals surface area contributed by atoms with Gasteiger partial charge in [0, 0.05) is 0 Å². The minimum atomic E-state index is -1.06. The standard InChI is InChI=1S/C16H17NO4/c1-9-6-7-10(16(20)21)8-13(9)17-14(18)11-4-2-3-5-12(11)15(17)19/h6-8,11-12H,2-5H2,1H3,(H,20,21)/t11-,12-/m1/s1. The maximum atomic E-state index is 12.5. The van der Waals surface area contributed by atoms with E-state index in [2.05, 4.69) is 0 Å². The van der Waals surface area contributed by atoms with Crippen molar-refractivity contribution < 1.29 is 19.5 Å². The first kappa shape index (κ1) is 13.8. The van der Waals surface area contributed by atoms with E-state index in [-0.39, 0.29) is 29.2 Å². The molecule has 1 saturated heterocycles. The molecule has 1 aliphatic heterocycles. The topological polar surface area (TPSA) is 74.7 Å². The van der Waals surface area contributed by atoms with Crippen molar-refractivity contribution in [3.05, 3.63) is 29.3 Å². The molecule has 2 atom stereocenters. The Kier molecular flexibility index (Phi) is 3.27. The predicted molar refractivity (Wildman–Crippen MR) is 76.1 cm³/mol. The van der Waals surface area contributed by atoms with Crippen LogP contribution in [-0.2, 0) is 9.59 Å². The van der Waals surface area contributed by atoms with E-state index in [4.69, 9.17) is 5.11 Å². The van der Waals surface area contributed by atoms with Crippen LogP contribution >= 0.6 is 0 Å². The summed E-state index contributed by atoms with van der Waals surface area (Å²) >= 11 is 0. The van der Waals surface area contributed by atoms with Crippen molar-refractivity contribution in [2.75, 3.05) is 4.90 Å². The van der Waals surface area contributed by atoms with Crippen molar-refractivity contribution in [3.63, 3.8) is 0 Å². The SMILES string of the molecule is Cc1ccc(C(=O)O)cc1N1C(=O)[C@@H]2CCCC[C@H]2C1=O. The van der Waals surface area contributed by atoms with E-state index >= 15 is 0 Å². The molecule has 2 amide bonds. The van der Waals surface area contributed by atoms with Gasteiger partial charge in [-0.05, 0) is 37.5 Å². The van der Waals surface area contributed by atoms with E-state index in [1.165, 1.54) is 17.0 Å². The number of aryl methyl sites for hydroxylation is 1. The number of hydrogen-bond donors (Lipinski definition) is 1. The number of anilines is 1. The van der Waals surface area contributed by atoms with Crippen LogP contribution in [0.25, 0.3) is 0 Å². The van der Waals surface area contributed by atoms with Gasteiger partial charge < -0.3 is 5.11 Å². The van der Waals surface area contributed by atoms with E-state index in [0.29, 0.717) is 5.69 Å². The highest BCUT2D eigenvalue weighted by atomic mass is 16.4. The average molecular weight is 287 g/mol. The summed E-state index contributed by atoms with van der Waals surface area (Å²) in [5.74, 6) is -1.85. The predicted octanol–water partition coefficient (Wildman–Crippen LogP) is 2.37. The number of benzene rings is 1. The lowest BCUT2D eigenvalue weighted by atomic mass is 9.81. The van der Waals surface area contributed by atoms with Crippen molar-refractivity contribution >= 4 is 23.5 Å². The second-order valence-corrected chi connectivity index (χ2v) is 5.82. The van der Waals surface area contributed by atoms with E-state index < -0.39 is 5.97 Å². The zero-order valence-corrected chi connectivity index (χ0v) is 11.8. The van der Waals surface area contributed by atoms with Gasteiger partial charge in [0.2, 0.25) is 11.8 Å². The fourth-order valence-electron chi connectivity index (χ4n) is 3.38. The van der Waals surface area contributed by atoms with Crippen molar-refractivity contribution in [3.8, 4) is 0 Å². The second-order valence-electron chi connectivity index (χ2n) is 5.82. The number of amides is 2. The fourth-order valence-corrected chi connectivity index (χ4v) is 3.38. The van der Waals surface area contributed by atoms with Gasteiger partial charge in [0.25, 0.3) is 0 Å². The van der Waals surface area contributed by atoms with Gasteiger partial charge in [-0.15, -0.1) is 0 Å². The Morgan fingerprint density at radius 2 is 1.71 bits per heavy atom. The van der Waals surface area contributed by atoms with E-state index in [9.17, 15) is 14.4 Å². The monoisotopic (exact) mass is 287 g/mol. The zero-order valence-electron chi connectivity index (χ0n) is 11.8. The van der Waals surface area contributed by atoms with Crippen LogP contribution in [-0.4, -0.2) is 22.9 Å². The first-order valence-electron chi connectivity index (χ1n) is 7.22. The van der Waals surface area contributed by atoms with Gasteiger partial charge in [0.1, 0.15) is 0 Å². The molecule has 0 aromatic heterocycles. The third kappa shape index (κ3) is 2.13. The summed E-state index contributed by atoms with van der Waals surface area (Å²) in [6.45, 7) is 1.78. The molecular weight excluding hydrogens is 270 g/mol. The molecule has 1 saturated carbocycles. The number of carbonyl (C=O) groups excluding carboxylic acids is 2. The average Bonchev–Trinajstić information content (AvgIpc) is 2.72. The molecule has 5 heteroatoms. The smallest absolute Gasteiger partial charge is 0.335 e. The molecule has 1 aromatic carbocycles. The Balaban J connectivity index is 2.04. The Hall–Kier alpha value is -2.17. The number of carboxylic acid groups (broad SMARTS) is 1. The van der Waals surface area contributed by atoms with Crippen LogP contribution in [0.1, 0.15) is 41.6 Å². The highest BCUT2D eigenvalue weighted by Gasteiger charge is 2.49. The summed E-state index contributed by atoms with van der Waals surface area (Å²) in [6, 6.07) is 4.55. The number of imide groups is 1. The molecule has 1 aromatic rings. The molecule has 1 heterocycles. The van der Waals surface area contributed by atoms with E-state index in [1.807, 2.05) is 0 Å². The summed E-state index contributed by atoms with van der Waals surface area (Å²) < 4.78 is 0. The van der Waals surface area contributed by atoms with Crippen molar-refractivity contribution in [1.29, 1.82) is 0 Å². The quantitative estimate of drug-likeness (QED) is 0.847. The van der Waals surface area contributed by atoms with Crippen LogP contribution in [0.5, 0.6) is 0 Å². The molecule has 0 spiro atoms. The lowest BCUT2D eigenvalue weighted by Gasteiger charge is -2.19. The van der Waals surface area contributed by atoms with Crippen LogP contribution in [0, 0.1) is 18.8 Å². The summed E-state index contributed by atoms with van der Waals surface area (Å²) in [6.07, 6.45) is 3.46. The van der Waals surface area contributed by atoms with Gasteiger partial charge in [-0.2, -0.15) is 0 Å². The zero-order chi connectivity index (χ0) is 15.1. The van der Waals surface area contributed by atoms with Crippen molar-refractivity contribution in [2.24, 2.45) is 11.8 Å². The van der Waals surface area contributed by atoms with Crippen LogP contribution in [0.15, 0.2) is 18.2 Å². The molecule has 1 aliphatic carbocycles. The number of aromatic carboxylic acids is 1. The van der Waals surface area contributed by atoms with Gasteiger partial charge in [-0.1, -0.05) is 18.9 Å². The summed E-state index contributed by atoms with van der Waals surface area (Å²) in [7, 11) is 0. The molecule has 0 unspecified atom stereocenters. The first-order chi connectivity index (χ1) is 10.0. The molecular formula is C16H17NO4. The molecule has 2 aliphatic rings. The van der Waals surface area contributed by atoms with Crippen LogP contribution in [0.2, 0.25) is 0 Å². The normalized spacial score (nSPS) is 25.1. The third-order valence-electron chi connectivity index (χ3n) is 4.54. The van der Waals surface area contributed by atoms with E-state index in [0.717, 1.165) is 31.2 Å². The first-order valence-corrected chi connectivity index (χ1v) is 7.22. The molecule has 0 bridgehead atoms. The number of nitrogens with zero attached hydrogens (tertiary/aromatic N) is 1. The maximum Gasteiger partial charge on any atom is 0.335 e. The summed E-state index contributed by atoms with van der Waals surface area (Å²) in [4.78, 5) is 37.4. The highest BCUT2D eigenvalue weighted by Crippen LogP contribution is 2.40. The summed E-state index contributed by atoms with van der Waals surface area (Å²) in [5.41, 5.74) is 1.24. The Bertz CT molecular complexity index is 613. The largest absolute Gasteiger partial charge is 0.478 e. The molecule has 110 valence electrons. The van der Waals surface area contributed by atoms with Gasteiger partial charge in [0.05, 0.1) is 23.1 Å². The number of fused-ring (bicyclic) bond motifs is 1. The molecule has 1 N–H and O–H groups in total. The Labute approximate surface area is 122 Å². The van der Waals surface area contributed by atoms with Crippen molar-refractivity contribution in [1.82, 2.24) is 0 Å². The minimum Gasteiger partial charge on any atom is -0.478 e. The van der Waals surface area contributed by atoms with Crippen LogP contribution < -0.4 is 4.90 Å². The number of hydrogen-bond acceptors (Lipinski definition) is 3. The third-order valence-corrected chi connectivity index (χ3v) is 4.54. The highest BCUT2D eigenvalue weighted by molar-refractivity contribution is 6.22. The van der Waals surface area contributed by atoms with Gasteiger partial charge in [-0.3, -0.25) is 9.59 Å². The van der Waals surface area contributed by atoms with E-state index in [1.54, 1.807) is 13.0 Å². The fraction of sp³-hybridized carbons (Fsp3) is 0.438. The van der Waals surface area contributed by atoms with Crippen molar-refractivity contribution in [2.45, 2.75) is 32.6 Å². The molecule has 5 nitrogen and oxygen atoms in total. The van der Waals surface area contributed by atoms with Gasteiger partial charge in [0.15, 0.2) is 0 Å². The Morgan fingerprint density at radius 3 is 2.24 bits per heavy atom. The molecule has 2 fully saturated rings.